The lowest BCUT2D eigenvalue weighted by molar-refractivity contribution is -0.138. The number of nitrogens with two attached hydrogens (primary N) is 1. The predicted octanol–water partition coefficient (Wildman–Crippen LogP) is 0.0994. The van der Waals surface area contributed by atoms with Gasteiger partial charge in [0.1, 0.15) is 4.75 Å². The quantitative estimate of drug-likeness (QED) is 0.394. The molecule has 0 aromatic heterocycles. The second-order valence-electron chi connectivity index (χ2n) is 3.70. The molecule has 0 amide bonds. The molecular formula is C9H17NO5S. The molecule has 0 saturated carbocycles. The minimum Gasteiger partial charge on any atom is -0.462 e. The zero-order valence-electron chi connectivity index (χ0n) is 9.34. The minimum absolute atomic E-state index is 0.0803. The van der Waals surface area contributed by atoms with E-state index in [1.165, 1.54) is 13.8 Å². The molecule has 3 N–H and O–H groups in total. The van der Waals surface area contributed by atoms with E-state index in [1.54, 1.807) is 0 Å². The standard InChI is InChI=1S/C9H17NO5S/c1-4-8(11)15-6-5-9(3,7(2)10)16(12,13)14/h4,7H,1,5-6,10H2,2-3H3,(H,12,13,14). The fraction of sp³-hybridized carbons (Fsp3) is 0.667. The van der Waals surface area contributed by atoms with Gasteiger partial charge in [-0.05, 0) is 13.8 Å². The molecule has 0 aromatic rings. The Labute approximate surface area is 95.2 Å². The van der Waals surface area contributed by atoms with Crippen molar-refractivity contribution in [2.24, 2.45) is 5.73 Å². The van der Waals surface area contributed by atoms with Crippen LogP contribution < -0.4 is 5.73 Å². The molecule has 0 rings (SSSR count). The van der Waals surface area contributed by atoms with Crippen LogP contribution in [0.25, 0.3) is 0 Å². The molecule has 0 heterocycles. The van der Waals surface area contributed by atoms with Gasteiger partial charge in [0.15, 0.2) is 0 Å². The summed E-state index contributed by atoms with van der Waals surface area (Å²) >= 11 is 0. The molecule has 0 aliphatic carbocycles. The van der Waals surface area contributed by atoms with Gasteiger partial charge in [0.25, 0.3) is 10.1 Å². The smallest absolute Gasteiger partial charge is 0.330 e. The van der Waals surface area contributed by atoms with Crippen molar-refractivity contribution in [2.45, 2.75) is 31.1 Å². The lowest BCUT2D eigenvalue weighted by atomic mass is 10.00. The van der Waals surface area contributed by atoms with Gasteiger partial charge in [-0.15, -0.1) is 0 Å². The SMILES string of the molecule is C=CC(=O)OCCC(C)(C(C)N)S(=O)(=O)O. The molecule has 0 saturated heterocycles. The summed E-state index contributed by atoms with van der Waals surface area (Å²) in [6, 6.07) is -0.787. The number of hydrogen-bond donors (Lipinski definition) is 2. The highest BCUT2D eigenvalue weighted by atomic mass is 32.2. The zero-order chi connectivity index (χ0) is 13.0. The first-order valence-electron chi connectivity index (χ1n) is 4.67. The van der Waals surface area contributed by atoms with Crippen LogP contribution >= 0.6 is 0 Å². The lowest BCUT2D eigenvalue weighted by Gasteiger charge is -2.29. The van der Waals surface area contributed by atoms with Gasteiger partial charge in [-0.1, -0.05) is 6.58 Å². The number of ether oxygens (including phenoxy) is 1. The van der Waals surface area contributed by atoms with E-state index in [0.29, 0.717) is 0 Å². The van der Waals surface area contributed by atoms with Gasteiger partial charge in [-0.2, -0.15) is 8.42 Å². The third-order valence-electron chi connectivity index (χ3n) is 2.56. The van der Waals surface area contributed by atoms with Crippen LogP contribution in [-0.4, -0.2) is 36.3 Å². The van der Waals surface area contributed by atoms with Crippen LogP contribution in [0.2, 0.25) is 0 Å². The summed E-state index contributed by atoms with van der Waals surface area (Å²) in [5.41, 5.74) is 5.51. The summed E-state index contributed by atoms with van der Waals surface area (Å²) < 4.78 is 34.5. The maximum atomic E-state index is 11.2. The fourth-order valence-corrected chi connectivity index (χ4v) is 1.82. The van der Waals surface area contributed by atoms with Crippen LogP contribution in [0.1, 0.15) is 20.3 Å². The molecule has 2 atom stereocenters. The van der Waals surface area contributed by atoms with Gasteiger partial charge in [-0.25, -0.2) is 4.79 Å². The van der Waals surface area contributed by atoms with E-state index >= 15 is 0 Å². The topological polar surface area (TPSA) is 107 Å². The van der Waals surface area contributed by atoms with Crippen molar-refractivity contribution in [3.63, 3.8) is 0 Å². The van der Waals surface area contributed by atoms with E-state index < -0.39 is 26.9 Å². The second kappa shape index (κ2) is 5.42. The molecule has 94 valence electrons. The van der Waals surface area contributed by atoms with Crippen LogP contribution in [0, 0.1) is 0 Å². The number of carbonyl (C=O) groups excluding carboxylic acids is 1. The second-order valence-corrected chi connectivity index (χ2v) is 5.58. The van der Waals surface area contributed by atoms with Gasteiger partial charge in [0, 0.05) is 18.5 Å². The Morgan fingerprint density at radius 1 is 1.69 bits per heavy atom. The summed E-state index contributed by atoms with van der Waals surface area (Å²) in [4.78, 5) is 10.7. The van der Waals surface area contributed by atoms with Crippen molar-refractivity contribution >= 4 is 16.1 Å². The molecule has 16 heavy (non-hydrogen) atoms. The molecule has 0 aliphatic heterocycles. The van der Waals surface area contributed by atoms with E-state index in [1.807, 2.05) is 0 Å². The molecular weight excluding hydrogens is 234 g/mol. The number of hydrogen-bond acceptors (Lipinski definition) is 5. The largest absolute Gasteiger partial charge is 0.462 e. The normalized spacial score (nSPS) is 17.2. The van der Waals surface area contributed by atoms with E-state index in [-0.39, 0.29) is 13.0 Å². The maximum Gasteiger partial charge on any atom is 0.330 e. The Balaban J connectivity index is 4.61. The number of esters is 1. The summed E-state index contributed by atoms with van der Waals surface area (Å²) in [6.07, 6.45) is 0.889. The number of rotatable bonds is 6. The first-order valence-corrected chi connectivity index (χ1v) is 6.11. The fourth-order valence-electron chi connectivity index (χ4n) is 1.00. The van der Waals surface area contributed by atoms with E-state index in [9.17, 15) is 13.2 Å². The van der Waals surface area contributed by atoms with Crippen molar-refractivity contribution < 1.29 is 22.5 Å². The third-order valence-corrected chi connectivity index (χ3v) is 4.32. The van der Waals surface area contributed by atoms with Crippen molar-refractivity contribution in [2.75, 3.05) is 6.61 Å². The lowest BCUT2D eigenvalue weighted by Crippen LogP contribution is -2.50. The van der Waals surface area contributed by atoms with Gasteiger partial charge in [-0.3, -0.25) is 4.55 Å². The van der Waals surface area contributed by atoms with E-state index in [4.69, 9.17) is 10.3 Å². The van der Waals surface area contributed by atoms with Crippen molar-refractivity contribution in [3.8, 4) is 0 Å². The van der Waals surface area contributed by atoms with E-state index in [2.05, 4.69) is 11.3 Å². The molecule has 0 spiro atoms. The maximum absolute atomic E-state index is 11.2. The van der Waals surface area contributed by atoms with Gasteiger partial charge >= 0.3 is 5.97 Å². The van der Waals surface area contributed by atoms with Gasteiger partial charge < -0.3 is 10.5 Å². The Morgan fingerprint density at radius 2 is 2.19 bits per heavy atom. The number of carbonyl (C=O) groups is 1. The summed E-state index contributed by atoms with van der Waals surface area (Å²) in [6.45, 7) is 5.80. The molecule has 0 aromatic carbocycles. The van der Waals surface area contributed by atoms with Crippen molar-refractivity contribution in [3.05, 3.63) is 12.7 Å². The minimum atomic E-state index is -4.31. The Hall–Kier alpha value is -0.920. The highest BCUT2D eigenvalue weighted by Gasteiger charge is 2.41. The molecule has 0 radical (unpaired) electrons. The van der Waals surface area contributed by atoms with Crippen molar-refractivity contribution in [1.82, 2.24) is 0 Å². The van der Waals surface area contributed by atoms with Gasteiger partial charge in [0.05, 0.1) is 6.61 Å². The summed E-state index contributed by atoms with van der Waals surface area (Å²) in [7, 11) is -4.31. The van der Waals surface area contributed by atoms with Crippen LogP contribution in [-0.2, 0) is 19.6 Å². The molecule has 0 fully saturated rings. The predicted molar refractivity (Wildman–Crippen MR) is 59.4 cm³/mol. The molecule has 7 heteroatoms. The molecule has 2 unspecified atom stereocenters. The zero-order valence-corrected chi connectivity index (χ0v) is 10.2. The molecule has 6 nitrogen and oxygen atoms in total. The van der Waals surface area contributed by atoms with Crippen LogP contribution in [0.15, 0.2) is 12.7 Å². The average molecular weight is 251 g/mol. The summed E-state index contributed by atoms with van der Waals surface area (Å²) in [5.74, 6) is -0.651. The highest BCUT2D eigenvalue weighted by molar-refractivity contribution is 7.87. The van der Waals surface area contributed by atoms with Crippen LogP contribution in [0.5, 0.6) is 0 Å². The monoisotopic (exact) mass is 251 g/mol. The van der Waals surface area contributed by atoms with Gasteiger partial charge in [0.2, 0.25) is 0 Å². The Kier molecular flexibility index (Phi) is 5.11. The highest BCUT2D eigenvalue weighted by Crippen LogP contribution is 2.23. The van der Waals surface area contributed by atoms with Crippen LogP contribution in [0.3, 0.4) is 0 Å². The molecule has 0 bridgehead atoms. The van der Waals surface area contributed by atoms with Crippen LogP contribution in [0.4, 0.5) is 0 Å². The Morgan fingerprint density at radius 3 is 2.50 bits per heavy atom. The summed E-state index contributed by atoms with van der Waals surface area (Å²) in [5, 5.41) is 0. The molecule has 0 aliphatic rings. The average Bonchev–Trinajstić information content (AvgIpc) is 2.15. The first-order chi connectivity index (χ1) is 7.15. The van der Waals surface area contributed by atoms with E-state index in [0.717, 1.165) is 6.08 Å². The third kappa shape index (κ3) is 3.58. The van der Waals surface area contributed by atoms with Crippen molar-refractivity contribution in [1.29, 1.82) is 0 Å². The first kappa shape index (κ1) is 15.1. The Bertz CT molecular complexity index is 362.